The summed E-state index contributed by atoms with van der Waals surface area (Å²) in [5.41, 5.74) is -2.78. The maximum atomic E-state index is 12.6. The molecule has 0 amide bonds. The lowest BCUT2D eigenvalue weighted by Crippen LogP contribution is -2.79. The topological polar surface area (TPSA) is 87.0 Å². The number of aliphatic hydroxyl groups excluding tert-OH is 2. The minimum absolute atomic E-state index is 0.0116. The van der Waals surface area contributed by atoms with Crippen molar-refractivity contribution in [3.8, 4) is 0 Å². The number of carbonyl (C=O) groups is 1. The minimum Gasteiger partial charge on any atom is -0.461 e. The van der Waals surface area contributed by atoms with E-state index in [0.29, 0.717) is 18.4 Å². The van der Waals surface area contributed by atoms with Gasteiger partial charge in [0.2, 0.25) is 0 Å². The maximum absolute atomic E-state index is 12.6. The van der Waals surface area contributed by atoms with E-state index in [1.54, 1.807) is 30.3 Å². The van der Waals surface area contributed by atoms with Gasteiger partial charge in [-0.05, 0) is 42.5 Å². The van der Waals surface area contributed by atoms with Gasteiger partial charge in [-0.2, -0.15) is 0 Å². The average molecular weight is 451 g/mol. The fourth-order valence-corrected chi connectivity index (χ4v) is 6.29. The van der Waals surface area contributed by atoms with Crippen LogP contribution in [0.25, 0.3) is 0 Å². The summed E-state index contributed by atoms with van der Waals surface area (Å²) in [6.45, 7) is 5.83. The lowest BCUT2D eigenvalue weighted by atomic mass is 9.35. The molecule has 2 saturated carbocycles. The van der Waals surface area contributed by atoms with Crippen molar-refractivity contribution in [3.05, 3.63) is 46.5 Å². The number of hydrogen-bond acceptors (Lipinski definition) is 5. The summed E-state index contributed by atoms with van der Waals surface area (Å²) < 4.78 is 6.57. The van der Waals surface area contributed by atoms with Crippen LogP contribution in [0.5, 0.6) is 0 Å². The highest BCUT2D eigenvalue weighted by molar-refractivity contribution is 9.10. The Balaban J connectivity index is 1.66. The van der Waals surface area contributed by atoms with Crippen LogP contribution in [0.4, 0.5) is 0 Å². The van der Waals surface area contributed by atoms with Gasteiger partial charge in [0.25, 0.3) is 0 Å². The largest absolute Gasteiger partial charge is 0.461 e. The maximum Gasteiger partial charge on any atom is 0.338 e. The number of hydrogen-bond donors (Lipinski definition) is 3. The number of ether oxygens (including phenoxy) is 1. The van der Waals surface area contributed by atoms with Crippen molar-refractivity contribution in [2.75, 3.05) is 6.61 Å². The van der Waals surface area contributed by atoms with Crippen LogP contribution < -0.4 is 0 Å². The first-order valence-electron chi connectivity index (χ1n) is 9.68. The molecule has 152 valence electrons. The van der Waals surface area contributed by atoms with Crippen molar-refractivity contribution in [2.45, 2.75) is 51.4 Å². The van der Waals surface area contributed by atoms with Gasteiger partial charge in [0.1, 0.15) is 6.61 Å². The zero-order valence-electron chi connectivity index (χ0n) is 16.4. The van der Waals surface area contributed by atoms with Gasteiger partial charge in [-0.15, -0.1) is 0 Å². The number of aliphatic hydroxyl groups is 3. The van der Waals surface area contributed by atoms with Crippen molar-refractivity contribution in [2.24, 2.45) is 22.2 Å². The standard InChI is InChI=1S/C22H27BrO5/c1-19(2)10-15-21(12-28-18(26)13-4-6-14(23)7-5-13)16(24)8-9-20(21,3)11-17(25)22(15,19)27/h4-9,15-17,24-25,27H,10-12H2,1-3H3/t15-,16-,17+,20+,21+,22-/m1/s1. The van der Waals surface area contributed by atoms with E-state index in [4.69, 9.17) is 4.74 Å². The van der Waals surface area contributed by atoms with Crippen molar-refractivity contribution in [1.29, 1.82) is 0 Å². The van der Waals surface area contributed by atoms with Gasteiger partial charge in [-0.3, -0.25) is 0 Å². The van der Waals surface area contributed by atoms with Gasteiger partial charge in [0.05, 0.1) is 23.4 Å². The van der Waals surface area contributed by atoms with Crippen molar-refractivity contribution >= 4 is 21.9 Å². The molecule has 0 unspecified atom stereocenters. The molecule has 6 atom stereocenters. The van der Waals surface area contributed by atoms with Gasteiger partial charge in [0, 0.05) is 21.2 Å². The summed E-state index contributed by atoms with van der Waals surface area (Å²) >= 11 is 3.35. The summed E-state index contributed by atoms with van der Waals surface area (Å²) in [4.78, 5) is 12.6. The molecule has 2 fully saturated rings. The smallest absolute Gasteiger partial charge is 0.338 e. The molecule has 5 nitrogen and oxygen atoms in total. The van der Waals surface area contributed by atoms with Crippen molar-refractivity contribution in [1.82, 2.24) is 0 Å². The second-order valence-corrected chi connectivity index (χ2v) is 10.4. The summed E-state index contributed by atoms with van der Waals surface area (Å²) in [7, 11) is 0. The predicted octanol–water partition coefficient (Wildman–Crippen LogP) is 3.07. The molecule has 3 aliphatic carbocycles. The average Bonchev–Trinajstić information content (AvgIpc) is 2.88. The van der Waals surface area contributed by atoms with E-state index >= 15 is 0 Å². The van der Waals surface area contributed by atoms with Crippen molar-refractivity contribution < 1.29 is 24.9 Å². The third kappa shape index (κ3) is 2.38. The van der Waals surface area contributed by atoms with E-state index in [1.165, 1.54) is 0 Å². The van der Waals surface area contributed by atoms with Gasteiger partial charge < -0.3 is 20.1 Å². The Morgan fingerprint density at radius 3 is 2.43 bits per heavy atom. The highest BCUT2D eigenvalue weighted by Gasteiger charge is 2.78. The Bertz CT molecular complexity index is 834. The Labute approximate surface area is 173 Å². The lowest BCUT2D eigenvalue weighted by Gasteiger charge is -2.72. The molecule has 0 radical (unpaired) electrons. The normalized spacial score (nSPS) is 43.0. The lowest BCUT2D eigenvalue weighted by molar-refractivity contribution is -0.339. The summed E-state index contributed by atoms with van der Waals surface area (Å²) in [6.07, 6.45) is 2.85. The van der Waals surface area contributed by atoms with Gasteiger partial charge in [-0.25, -0.2) is 4.79 Å². The fourth-order valence-electron chi connectivity index (χ4n) is 6.02. The molecule has 0 saturated heterocycles. The molecule has 0 heterocycles. The first kappa shape index (κ1) is 20.1. The number of benzene rings is 1. The first-order chi connectivity index (χ1) is 13.0. The van der Waals surface area contributed by atoms with Gasteiger partial charge in [-0.1, -0.05) is 48.9 Å². The van der Waals surface area contributed by atoms with Crippen LogP contribution in [0.2, 0.25) is 0 Å². The van der Waals surface area contributed by atoms with E-state index < -0.39 is 40.0 Å². The van der Waals surface area contributed by atoms with Crippen molar-refractivity contribution in [3.63, 3.8) is 0 Å². The summed E-state index contributed by atoms with van der Waals surface area (Å²) in [5, 5.41) is 33.2. The number of esters is 1. The van der Waals surface area contributed by atoms with Crippen LogP contribution in [0, 0.1) is 22.2 Å². The first-order valence-corrected chi connectivity index (χ1v) is 10.5. The molecule has 0 aromatic heterocycles. The molecule has 1 aromatic rings. The number of rotatable bonds is 3. The molecule has 0 aliphatic heterocycles. The second kappa shape index (κ2) is 6.14. The minimum atomic E-state index is -1.32. The Hall–Kier alpha value is -1.21. The summed E-state index contributed by atoms with van der Waals surface area (Å²) in [5.74, 6) is -0.831. The number of allylic oxidation sites excluding steroid dienone is 1. The highest BCUT2D eigenvalue weighted by atomic mass is 79.9. The molecule has 4 rings (SSSR count). The van der Waals surface area contributed by atoms with Crippen LogP contribution >= 0.6 is 15.9 Å². The molecule has 0 spiro atoms. The third-order valence-electron chi connectivity index (χ3n) is 7.84. The number of fused-ring (bicyclic) bond motifs is 3. The number of carbonyl (C=O) groups excluding carboxylic acids is 1. The van der Waals surface area contributed by atoms with E-state index in [-0.39, 0.29) is 12.5 Å². The zero-order chi connectivity index (χ0) is 20.5. The second-order valence-electron chi connectivity index (χ2n) is 9.53. The highest BCUT2D eigenvalue weighted by Crippen LogP contribution is 2.73. The Morgan fingerprint density at radius 1 is 1.18 bits per heavy atom. The fraction of sp³-hybridized carbons (Fsp3) is 0.591. The van der Waals surface area contributed by atoms with Gasteiger partial charge in [0.15, 0.2) is 0 Å². The monoisotopic (exact) mass is 450 g/mol. The number of halogens is 1. The predicted molar refractivity (Wildman–Crippen MR) is 108 cm³/mol. The molecular formula is C22H27BrO5. The molecule has 3 aliphatic rings. The van der Waals surface area contributed by atoms with Crippen LogP contribution in [0.1, 0.15) is 44.0 Å². The van der Waals surface area contributed by atoms with Crippen LogP contribution in [0.3, 0.4) is 0 Å². The SMILES string of the molecule is CC1(C)C[C@H]2[C@@]1(O)[C@@H](O)C[C@]1(C)C=C[C@@H](O)[C@]21COC(=O)c1ccc(Br)cc1. The van der Waals surface area contributed by atoms with E-state index in [1.807, 2.05) is 26.8 Å². The Morgan fingerprint density at radius 2 is 1.82 bits per heavy atom. The van der Waals surface area contributed by atoms with Gasteiger partial charge >= 0.3 is 5.97 Å². The van der Waals surface area contributed by atoms with Crippen LogP contribution in [-0.2, 0) is 4.74 Å². The van der Waals surface area contributed by atoms with E-state index in [2.05, 4.69) is 15.9 Å². The molecular weight excluding hydrogens is 424 g/mol. The van der Waals surface area contributed by atoms with Crippen LogP contribution in [-0.4, -0.2) is 45.7 Å². The quantitative estimate of drug-likeness (QED) is 0.486. The van der Waals surface area contributed by atoms with E-state index in [0.717, 1.165) is 4.47 Å². The molecule has 28 heavy (non-hydrogen) atoms. The summed E-state index contributed by atoms with van der Waals surface area (Å²) in [6, 6.07) is 6.91. The zero-order valence-corrected chi connectivity index (χ0v) is 17.9. The Kier molecular flexibility index (Phi) is 4.41. The molecule has 3 N–H and O–H groups in total. The molecule has 0 bridgehead atoms. The molecule has 1 aromatic carbocycles. The van der Waals surface area contributed by atoms with E-state index in [9.17, 15) is 20.1 Å². The van der Waals surface area contributed by atoms with Crippen LogP contribution in [0.15, 0.2) is 40.9 Å². The third-order valence-corrected chi connectivity index (χ3v) is 8.37. The molecule has 6 heteroatoms.